The minimum Gasteiger partial charge on any atom is -0.484 e. The Bertz CT molecular complexity index is 693. The van der Waals surface area contributed by atoms with Crippen LogP contribution >= 0.6 is 0 Å². The number of carbonyl (C=O) groups is 1. The molecular weight excluding hydrogens is 327 g/mol. The highest BCUT2D eigenvalue weighted by Gasteiger charge is 2.25. The van der Waals surface area contributed by atoms with Crippen LogP contribution in [0.3, 0.4) is 0 Å². The summed E-state index contributed by atoms with van der Waals surface area (Å²) in [5, 5.41) is 0. The number of carbonyl (C=O) groups excluding carboxylic acids is 1. The Morgan fingerprint density at radius 1 is 1.32 bits per heavy atom. The molecule has 0 bridgehead atoms. The minimum absolute atomic E-state index is 0.0782. The summed E-state index contributed by atoms with van der Waals surface area (Å²) in [6.45, 7) is 2.20. The zero-order chi connectivity index (χ0) is 17.6. The number of amides is 1. The lowest BCUT2D eigenvalue weighted by Gasteiger charge is -2.31. The number of hydrogen-bond acceptors (Lipinski definition) is 5. The van der Waals surface area contributed by atoms with Gasteiger partial charge in [-0.25, -0.2) is 9.37 Å². The Hall–Kier alpha value is -2.41. The molecule has 134 valence electrons. The first kappa shape index (κ1) is 17.4. The van der Waals surface area contributed by atoms with E-state index >= 15 is 0 Å². The van der Waals surface area contributed by atoms with Crippen molar-refractivity contribution < 1.29 is 23.1 Å². The Morgan fingerprint density at radius 3 is 2.72 bits per heavy atom. The molecule has 6 nitrogen and oxygen atoms in total. The predicted molar refractivity (Wildman–Crippen MR) is 87.7 cm³/mol. The third-order valence-electron chi connectivity index (χ3n) is 4.25. The van der Waals surface area contributed by atoms with Gasteiger partial charge < -0.3 is 18.8 Å². The van der Waals surface area contributed by atoms with Crippen LogP contribution in [-0.2, 0) is 11.3 Å². The van der Waals surface area contributed by atoms with Gasteiger partial charge in [0.2, 0.25) is 5.89 Å². The van der Waals surface area contributed by atoms with Crippen molar-refractivity contribution >= 4 is 5.91 Å². The molecule has 25 heavy (non-hydrogen) atoms. The van der Waals surface area contributed by atoms with Crippen LogP contribution in [0.2, 0.25) is 0 Å². The molecule has 2 heterocycles. The molecule has 0 aliphatic carbocycles. The smallest absolute Gasteiger partial charge is 0.275 e. The quantitative estimate of drug-likeness (QED) is 0.803. The molecule has 2 aromatic rings. The summed E-state index contributed by atoms with van der Waals surface area (Å²) in [5.74, 6) is 0.860. The zero-order valence-corrected chi connectivity index (χ0v) is 14.1. The van der Waals surface area contributed by atoms with Gasteiger partial charge in [0.05, 0.1) is 0 Å². The van der Waals surface area contributed by atoms with E-state index in [0.717, 1.165) is 19.4 Å². The number of nitrogens with zero attached hydrogens (tertiary/aromatic N) is 2. The number of piperidine rings is 1. The molecule has 0 radical (unpaired) electrons. The molecule has 1 aromatic carbocycles. The van der Waals surface area contributed by atoms with Gasteiger partial charge in [0.1, 0.15) is 17.8 Å². The van der Waals surface area contributed by atoms with Gasteiger partial charge >= 0.3 is 0 Å². The van der Waals surface area contributed by atoms with Crippen molar-refractivity contribution in [3.05, 3.63) is 47.9 Å². The third kappa shape index (κ3) is 4.57. The van der Waals surface area contributed by atoms with Gasteiger partial charge in [0.25, 0.3) is 5.91 Å². The molecule has 1 fully saturated rings. The summed E-state index contributed by atoms with van der Waals surface area (Å²) in [4.78, 5) is 18.5. The van der Waals surface area contributed by atoms with E-state index < -0.39 is 0 Å². The van der Waals surface area contributed by atoms with Crippen molar-refractivity contribution in [3.63, 3.8) is 0 Å². The van der Waals surface area contributed by atoms with Crippen LogP contribution in [0.1, 0.15) is 29.2 Å². The molecule has 1 aliphatic rings. The Labute approximate surface area is 145 Å². The van der Waals surface area contributed by atoms with Crippen molar-refractivity contribution in [3.8, 4) is 5.75 Å². The molecule has 0 atom stereocenters. The number of hydrogen-bond donors (Lipinski definition) is 0. The van der Waals surface area contributed by atoms with Crippen molar-refractivity contribution in [1.29, 1.82) is 0 Å². The van der Waals surface area contributed by atoms with Crippen LogP contribution in [0.4, 0.5) is 4.39 Å². The maximum atomic E-state index is 12.9. The number of likely N-dealkylation sites (tertiary alicyclic amines) is 1. The van der Waals surface area contributed by atoms with Gasteiger partial charge in [-0.3, -0.25) is 4.79 Å². The van der Waals surface area contributed by atoms with E-state index in [1.54, 1.807) is 12.0 Å². The fourth-order valence-electron chi connectivity index (χ4n) is 2.85. The lowest BCUT2D eigenvalue weighted by Crippen LogP contribution is -2.39. The highest BCUT2D eigenvalue weighted by Crippen LogP contribution is 2.19. The Kier molecular flexibility index (Phi) is 5.65. The van der Waals surface area contributed by atoms with E-state index in [-0.39, 0.29) is 24.0 Å². The first-order valence-corrected chi connectivity index (χ1v) is 8.26. The number of benzene rings is 1. The van der Waals surface area contributed by atoms with Crippen molar-refractivity contribution in [2.75, 3.05) is 26.8 Å². The van der Waals surface area contributed by atoms with E-state index in [1.165, 1.54) is 30.5 Å². The number of rotatable bonds is 6. The van der Waals surface area contributed by atoms with E-state index in [1.807, 2.05) is 0 Å². The summed E-state index contributed by atoms with van der Waals surface area (Å²) in [6, 6.07) is 5.67. The molecule has 1 amide bonds. The zero-order valence-electron chi connectivity index (χ0n) is 14.1. The van der Waals surface area contributed by atoms with Gasteiger partial charge in [-0.2, -0.15) is 0 Å². The average molecular weight is 348 g/mol. The molecular formula is C18H21FN2O4. The lowest BCUT2D eigenvalue weighted by atomic mass is 9.98. The molecule has 0 saturated carbocycles. The van der Waals surface area contributed by atoms with Crippen molar-refractivity contribution in [2.45, 2.75) is 19.4 Å². The van der Waals surface area contributed by atoms with E-state index in [0.29, 0.717) is 30.6 Å². The molecule has 0 unspecified atom stereocenters. The van der Waals surface area contributed by atoms with Crippen LogP contribution in [-0.4, -0.2) is 42.6 Å². The second kappa shape index (κ2) is 8.11. The maximum absolute atomic E-state index is 12.9. The molecule has 0 N–H and O–H groups in total. The largest absolute Gasteiger partial charge is 0.484 e. The Balaban J connectivity index is 1.52. The standard InChI is InChI=1S/C18H21FN2O4/c1-23-10-13-6-8-21(9-7-13)18(22)16-11-25-17(20-16)12-24-15-4-2-14(19)3-5-15/h2-5,11,13H,6-10,12H2,1H3. The van der Waals surface area contributed by atoms with Gasteiger partial charge in [-0.15, -0.1) is 0 Å². The van der Waals surface area contributed by atoms with Crippen LogP contribution in [0.25, 0.3) is 0 Å². The molecule has 7 heteroatoms. The summed E-state index contributed by atoms with van der Waals surface area (Å²) >= 11 is 0. The second-order valence-electron chi connectivity index (χ2n) is 6.06. The predicted octanol–water partition coefficient (Wildman–Crippen LogP) is 2.89. The number of methoxy groups -OCH3 is 1. The summed E-state index contributed by atoms with van der Waals surface area (Å²) in [5.41, 5.74) is 0.280. The van der Waals surface area contributed by atoms with E-state index in [2.05, 4.69) is 4.98 Å². The van der Waals surface area contributed by atoms with Crippen LogP contribution in [0.5, 0.6) is 5.75 Å². The van der Waals surface area contributed by atoms with Crippen LogP contribution in [0, 0.1) is 11.7 Å². The van der Waals surface area contributed by atoms with Crippen LogP contribution in [0.15, 0.2) is 34.9 Å². The van der Waals surface area contributed by atoms with Gasteiger partial charge in [0, 0.05) is 26.8 Å². The molecule has 0 spiro atoms. The highest BCUT2D eigenvalue weighted by molar-refractivity contribution is 5.92. The summed E-state index contributed by atoms with van der Waals surface area (Å²) < 4.78 is 28.8. The van der Waals surface area contributed by atoms with Crippen LogP contribution < -0.4 is 4.74 Å². The first-order chi connectivity index (χ1) is 12.2. The monoisotopic (exact) mass is 348 g/mol. The van der Waals surface area contributed by atoms with E-state index in [4.69, 9.17) is 13.9 Å². The normalized spacial score (nSPS) is 15.4. The second-order valence-corrected chi connectivity index (χ2v) is 6.06. The molecule has 1 saturated heterocycles. The number of aromatic nitrogens is 1. The van der Waals surface area contributed by atoms with Gasteiger partial charge in [0.15, 0.2) is 12.3 Å². The Morgan fingerprint density at radius 2 is 2.04 bits per heavy atom. The average Bonchev–Trinajstić information content (AvgIpc) is 3.11. The lowest BCUT2D eigenvalue weighted by molar-refractivity contribution is 0.0608. The van der Waals surface area contributed by atoms with Crippen molar-refractivity contribution in [2.24, 2.45) is 5.92 Å². The number of ether oxygens (including phenoxy) is 2. The van der Waals surface area contributed by atoms with Gasteiger partial charge in [-0.05, 0) is 43.0 Å². The first-order valence-electron chi connectivity index (χ1n) is 8.26. The molecule has 1 aliphatic heterocycles. The highest BCUT2D eigenvalue weighted by atomic mass is 19.1. The third-order valence-corrected chi connectivity index (χ3v) is 4.25. The number of oxazole rings is 1. The maximum Gasteiger partial charge on any atom is 0.275 e. The minimum atomic E-state index is -0.328. The molecule has 3 rings (SSSR count). The van der Waals surface area contributed by atoms with E-state index in [9.17, 15) is 9.18 Å². The number of halogens is 1. The SMILES string of the molecule is COCC1CCN(C(=O)c2coc(COc3ccc(F)cc3)n2)CC1. The topological polar surface area (TPSA) is 64.8 Å². The van der Waals surface area contributed by atoms with Crippen molar-refractivity contribution in [1.82, 2.24) is 9.88 Å². The fourth-order valence-corrected chi connectivity index (χ4v) is 2.85. The fraction of sp³-hybridized carbons (Fsp3) is 0.444. The summed E-state index contributed by atoms with van der Waals surface area (Å²) in [7, 11) is 1.70. The summed E-state index contributed by atoms with van der Waals surface area (Å²) in [6.07, 6.45) is 3.21. The molecule has 1 aromatic heterocycles. The van der Waals surface area contributed by atoms with Gasteiger partial charge in [-0.1, -0.05) is 0 Å².